The van der Waals surface area contributed by atoms with E-state index in [1.807, 2.05) is 30.3 Å². The van der Waals surface area contributed by atoms with E-state index in [0.29, 0.717) is 5.56 Å². The van der Waals surface area contributed by atoms with Crippen LogP contribution in [0.1, 0.15) is 42.3 Å². The standard InChI is InChI=1S/C22H25AsO6/c1-22(2,3)29-20(26)17-11-9-15(10-12-17)13-18(19(24)25)23-21(27)28-14-16-7-5-4-6-8-16/h4-12,18,23H,13-14H2,1-3H3,(H,24,25)/t18-/m0/s1. The van der Waals surface area contributed by atoms with Crippen LogP contribution in [0.25, 0.3) is 0 Å². The van der Waals surface area contributed by atoms with Crippen molar-refractivity contribution in [1.82, 2.24) is 0 Å². The summed E-state index contributed by atoms with van der Waals surface area (Å²) in [6.07, 6.45) is 0.213. The molecule has 0 aliphatic rings. The molecular formula is C22H25AsO6. The van der Waals surface area contributed by atoms with E-state index in [0.717, 1.165) is 11.1 Å². The second kappa shape index (κ2) is 10.3. The van der Waals surface area contributed by atoms with Crippen LogP contribution in [-0.4, -0.2) is 43.2 Å². The molecule has 0 amide bonds. The van der Waals surface area contributed by atoms with Crippen molar-refractivity contribution >= 4 is 32.4 Å². The van der Waals surface area contributed by atoms with Crippen LogP contribution in [0.15, 0.2) is 54.6 Å². The number of hydrogen-bond donors (Lipinski definition) is 1. The quantitative estimate of drug-likeness (QED) is 0.476. The van der Waals surface area contributed by atoms with Gasteiger partial charge in [0.15, 0.2) is 0 Å². The van der Waals surface area contributed by atoms with Crippen molar-refractivity contribution < 1.29 is 29.0 Å². The fraction of sp³-hybridized carbons (Fsp3) is 0.318. The van der Waals surface area contributed by atoms with Gasteiger partial charge in [0.2, 0.25) is 0 Å². The number of carbonyl (C=O) groups is 3. The van der Waals surface area contributed by atoms with Gasteiger partial charge >= 0.3 is 177 Å². The Labute approximate surface area is 176 Å². The maximum atomic E-state index is 12.1. The minimum absolute atomic E-state index is 0.139. The van der Waals surface area contributed by atoms with E-state index >= 15 is 0 Å². The third-order valence-electron chi connectivity index (χ3n) is 3.83. The minimum atomic E-state index is -1.51. The van der Waals surface area contributed by atoms with Gasteiger partial charge in [-0.1, -0.05) is 0 Å². The Kier molecular flexibility index (Phi) is 8.03. The Bertz CT molecular complexity index is 840. The van der Waals surface area contributed by atoms with Crippen molar-refractivity contribution in [2.45, 2.75) is 44.1 Å². The van der Waals surface area contributed by atoms with Gasteiger partial charge in [-0.05, 0) is 0 Å². The molecule has 2 atom stereocenters. The average molecular weight is 460 g/mol. The summed E-state index contributed by atoms with van der Waals surface area (Å²) in [4.78, 5) is 35.8. The molecule has 154 valence electrons. The number of carboxylic acid groups (broad SMARTS) is 1. The van der Waals surface area contributed by atoms with Crippen molar-refractivity contribution in [3.63, 3.8) is 0 Å². The molecule has 0 aliphatic heterocycles. The van der Waals surface area contributed by atoms with Gasteiger partial charge in [0.05, 0.1) is 0 Å². The SMILES string of the molecule is CC(C)(C)OC(=O)c1ccc(C[C@H]([AsH]C(=O)OCc2ccccc2)C(=O)O)cc1. The Morgan fingerprint density at radius 3 is 2.14 bits per heavy atom. The Balaban J connectivity index is 1.93. The van der Waals surface area contributed by atoms with Gasteiger partial charge in [-0.3, -0.25) is 0 Å². The molecule has 2 aromatic rings. The van der Waals surface area contributed by atoms with E-state index in [4.69, 9.17) is 9.47 Å². The number of carbonyl (C=O) groups excluding carboxylic acids is 2. The van der Waals surface area contributed by atoms with E-state index in [1.54, 1.807) is 45.0 Å². The molecule has 1 unspecified atom stereocenters. The maximum absolute atomic E-state index is 12.1. The zero-order valence-electron chi connectivity index (χ0n) is 16.7. The van der Waals surface area contributed by atoms with Crippen LogP contribution < -0.4 is 0 Å². The third kappa shape index (κ3) is 8.12. The summed E-state index contributed by atoms with van der Waals surface area (Å²) in [5, 5.41) is 9.49. The van der Waals surface area contributed by atoms with E-state index in [9.17, 15) is 19.5 Å². The summed E-state index contributed by atoms with van der Waals surface area (Å²) in [5.74, 6) is -1.45. The molecule has 2 aromatic carbocycles. The first kappa shape index (κ1) is 22.7. The van der Waals surface area contributed by atoms with E-state index in [1.165, 1.54) is 0 Å². The molecule has 0 heterocycles. The topological polar surface area (TPSA) is 89.9 Å². The van der Waals surface area contributed by atoms with Crippen LogP contribution in [0.3, 0.4) is 0 Å². The molecule has 0 saturated carbocycles. The van der Waals surface area contributed by atoms with Gasteiger partial charge in [-0.2, -0.15) is 0 Å². The van der Waals surface area contributed by atoms with Gasteiger partial charge in [-0.15, -0.1) is 0 Å². The summed E-state index contributed by atoms with van der Waals surface area (Å²) in [6.45, 7) is 5.51. The molecule has 0 bridgehead atoms. The van der Waals surface area contributed by atoms with E-state index in [-0.39, 0.29) is 13.0 Å². The number of aliphatic carboxylic acids is 1. The third-order valence-corrected chi connectivity index (χ3v) is 6.31. The number of esters is 1. The zero-order chi connectivity index (χ0) is 21.4. The second-order valence-corrected chi connectivity index (χ2v) is 10.4. The van der Waals surface area contributed by atoms with Crippen molar-refractivity contribution in [2.24, 2.45) is 0 Å². The van der Waals surface area contributed by atoms with Gasteiger partial charge in [0.1, 0.15) is 0 Å². The molecule has 0 fully saturated rings. The molecule has 6 nitrogen and oxygen atoms in total. The fourth-order valence-electron chi connectivity index (χ4n) is 2.46. The van der Waals surface area contributed by atoms with Crippen LogP contribution in [0.5, 0.6) is 0 Å². The van der Waals surface area contributed by atoms with E-state index in [2.05, 4.69) is 0 Å². The zero-order valence-corrected chi connectivity index (χ0v) is 18.8. The van der Waals surface area contributed by atoms with Gasteiger partial charge < -0.3 is 0 Å². The molecule has 29 heavy (non-hydrogen) atoms. The Hall–Kier alpha value is -2.59. The predicted molar refractivity (Wildman–Crippen MR) is 110 cm³/mol. The molecule has 0 aliphatic carbocycles. The van der Waals surface area contributed by atoms with Crippen LogP contribution >= 0.6 is 0 Å². The Morgan fingerprint density at radius 2 is 1.59 bits per heavy atom. The predicted octanol–water partition coefficient (Wildman–Crippen LogP) is 3.83. The number of carboxylic acids is 1. The van der Waals surface area contributed by atoms with Crippen molar-refractivity contribution in [2.75, 3.05) is 0 Å². The van der Waals surface area contributed by atoms with Gasteiger partial charge in [0, 0.05) is 0 Å². The first-order valence-electron chi connectivity index (χ1n) is 9.16. The molecule has 0 radical (unpaired) electrons. The first-order valence-corrected chi connectivity index (χ1v) is 11.4. The van der Waals surface area contributed by atoms with Crippen molar-refractivity contribution in [1.29, 1.82) is 0 Å². The van der Waals surface area contributed by atoms with Crippen molar-refractivity contribution in [3.05, 3.63) is 71.3 Å². The van der Waals surface area contributed by atoms with Gasteiger partial charge in [-0.25, -0.2) is 0 Å². The molecule has 0 aromatic heterocycles. The summed E-state index contributed by atoms with van der Waals surface area (Å²) in [5.41, 5.74) is 1.41. The number of rotatable bonds is 8. The van der Waals surface area contributed by atoms with Crippen LogP contribution in [0, 0.1) is 0 Å². The van der Waals surface area contributed by atoms with Crippen LogP contribution in [-0.2, 0) is 27.3 Å². The summed E-state index contributed by atoms with van der Waals surface area (Å²) >= 11 is -1.51. The second-order valence-electron chi connectivity index (χ2n) is 7.50. The van der Waals surface area contributed by atoms with Gasteiger partial charge in [0.25, 0.3) is 0 Å². The van der Waals surface area contributed by atoms with E-state index < -0.39 is 42.8 Å². The first-order chi connectivity index (χ1) is 13.6. The van der Waals surface area contributed by atoms with Crippen molar-refractivity contribution in [3.8, 4) is 0 Å². The summed E-state index contributed by atoms with van der Waals surface area (Å²) in [6, 6.07) is 15.8. The number of benzene rings is 2. The molecule has 7 heteroatoms. The molecule has 2 rings (SSSR count). The molecule has 1 N–H and O–H groups in total. The molecule has 0 saturated heterocycles. The van der Waals surface area contributed by atoms with Crippen LogP contribution in [0.4, 0.5) is 4.79 Å². The summed E-state index contributed by atoms with van der Waals surface area (Å²) < 4.78 is 9.32. The molecular weight excluding hydrogens is 435 g/mol. The normalized spacial score (nSPS) is 12.5. The summed E-state index contributed by atoms with van der Waals surface area (Å²) in [7, 11) is 0. The molecule has 0 spiro atoms. The van der Waals surface area contributed by atoms with Crippen LogP contribution in [0.2, 0.25) is 4.71 Å². The monoisotopic (exact) mass is 460 g/mol. The fourth-order valence-corrected chi connectivity index (χ4v) is 4.35. The number of ether oxygens (including phenoxy) is 2. The number of hydrogen-bond acceptors (Lipinski definition) is 5. The average Bonchev–Trinajstić information content (AvgIpc) is 2.66. The Morgan fingerprint density at radius 1 is 0.966 bits per heavy atom.